The van der Waals surface area contributed by atoms with Crippen LogP contribution in [0.25, 0.3) is 11.1 Å². The Balaban J connectivity index is 2.01. The van der Waals surface area contributed by atoms with Crippen LogP contribution >= 0.6 is 0 Å². The second-order valence-corrected chi connectivity index (χ2v) is 4.66. The highest BCUT2D eigenvalue weighted by Gasteiger charge is 2.35. The van der Waals surface area contributed by atoms with Gasteiger partial charge in [0.05, 0.1) is 18.1 Å². The molecule has 7 nitrogen and oxygen atoms in total. The predicted octanol–water partition coefficient (Wildman–Crippen LogP) is -0.0614. The number of aliphatic hydroxyl groups is 2. The Labute approximate surface area is 108 Å². The molecule has 2 aromatic rings. The normalized spacial score (nSPS) is 27.2. The second kappa shape index (κ2) is 4.44. The summed E-state index contributed by atoms with van der Waals surface area (Å²) in [5.74, 6) is 0.667. The summed E-state index contributed by atoms with van der Waals surface area (Å²) < 4.78 is 12.0. The van der Waals surface area contributed by atoms with E-state index in [1.54, 1.807) is 19.2 Å². The Morgan fingerprint density at radius 1 is 1.58 bits per heavy atom. The van der Waals surface area contributed by atoms with Gasteiger partial charge >= 0.3 is 5.69 Å². The summed E-state index contributed by atoms with van der Waals surface area (Å²) in [6.45, 7) is 1.49. The summed E-state index contributed by atoms with van der Waals surface area (Å²) in [6, 6.07) is 1.77. The first kappa shape index (κ1) is 12.3. The molecule has 1 saturated heterocycles. The van der Waals surface area contributed by atoms with Crippen molar-refractivity contribution in [2.24, 2.45) is 0 Å². The van der Waals surface area contributed by atoms with Gasteiger partial charge in [-0.3, -0.25) is 4.57 Å². The molecule has 19 heavy (non-hydrogen) atoms. The van der Waals surface area contributed by atoms with Gasteiger partial charge in [-0.25, -0.2) is 4.79 Å². The highest BCUT2D eigenvalue weighted by Crippen LogP contribution is 2.28. The molecular weight excluding hydrogens is 252 g/mol. The summed E-state index contributed by atoms with van der Waals surface area (Å²) in [6.07, 6.45) is -0.234. The molecule has 1 aliphatic heterocycles. The SMILES string of the molecule is Cc1cc2cn([C@H]3C[C@@H](O)[C@@H](CO)O3)c(=O)nc2o1. The Morgan fingerprint density at radius 3 is 3.05 bits per heavy atom. The third-order valence-electron chi connectivity index (χ3n) is 3.25. The first-order valence-electron chi connectivity index (χ1n) is 6.02. The molecule has 102 valence electrons. The van der Waals surface area contributed by atoms with Gasteiger partial charge in [0.2, 0.25) is 5.71 Å². The van der Waals surface area contributed by atoms with Crippen LogP contribution in [0.2, 0.25) is 0 Å². The number of hydrogen-bond acceptors (Lipinski definition) is 6. The predicted molar refractivity (Wildman–Crippen MR) is 64.6 cm³/mol. The first-order chi connectivity index (χ1) is 9.08. The van der Waals surface area contributed by atoms with Crippen LogP contribution in [0, 0.1) is 6.92 Å². The quantitative estimate of drug-likeness (QED) is 0.790. The van der Waals surface area contributed by atoms with Gasteiger partial charge in [0.1, 0.15) is 18.1 Å². The van der Waals surface area contributed by atoms with Gasteiger partial charge in [-0.2, -0.15) is 4.98 Å². The second-order valence-electron chi connectivity index (χ2n) is 4.66. The van der Waals surface area contributed by atoms with Crippen LogP contribution in [0.5, 0.6) is 0 Å². The largest absolute Gasteiger partial charge is 0.443 e. The topological polar surface area (TPSA) is 97.7 Å². The van der Waals surface area contributed by atoms with Crippen molar-refractivity contribution >= 4 is 11.1 Å². The van der Waals surface area contributed by atoms with Gasteiger partial charge in [0, 0.05) is 12.6 Å². The number of nitrogens with zero attached hydrogens (tertiary/aromatic N) is 2. The zero-order valence-electron chi connectivity index (χ0n) is 10.3. The maximum absolute atomic E-state index is 11.9. The fourth-order valence-electron chi connectivity index (χ4n) is 2.31. The molecule has 3 rings (SSSR count). The monoisotopic (exact) mass is 266 g/mol. The van der Waals surface area contributed by atoms with Crippen LogP contribution in [0.3, 0.4) is 0 Å². The van der Waals surface area contributed by atoms with E-state index in [2.05, 4.69) is 4.98 Å². The maximum Gasteiger partial charge on any atom is 0.353 e. The van der Waals surface area contributed by atoms with E-state index in [0.717, 1.165) is 0 Å². The zero-order chi connectivity index (χ0) is 13.6. The summed E-state index contributed by atoms with van der Waals surface area (Å²) in [5, 5.41) is 19.4. The van der Waals surface area contributed by atoms with Gasteiger partial charge in [-0.05, 0) is 13.0 Å². The van der Waals surface area contributed by atoms with Gasteiger partial charge in [-0.15, -0.1) is 0 Å². The Morgan fingerprint density at radius 2 is 2.37 bits per heavy atom. The number of aromatic nitrogens is 2. The van der Waals surface area contributed by atoms with E-state index in [9.17, 15) is 9.90 Å². The number of ether oxygens (including phenoxy) is 1. The van der Waals surface area contributed by atoms with Crippen molar-refractivity contribution in [2.75, 3.05) is 6.61 Å². The third kappa shape index (κ3) is 2.05. The Bertz CT molecular complexity index is 662. The van der Waals surface area contributed by atoms with Crippen LogP contribution in [-0.2, 0) is 4.74 Å². The van der Waals surface area contributed by atoms with Gasteiger partial charge in [0.15, 0.2) is 0 Å². The molecule has 1 aliphatic rings. The molecule has 0 saturated carbocycles. The number of aryl methyl sites for hydroxylation is 1. The fourth-order valence-corrected chi connectivity index (χ4v) is 2.31. The van der Waals surface area contributed by atoms with E-state index >= 15 is 0 Å². The molecule has 0 bridgehead atoms. The van der Waals surface area contributed by atoms with Gasteiger partial charge in [-0.1, -0.05) is 0 Å². The lowest BCUT2D eigenvalue weighted by atomic mass is 10.2. The maximum atomic E-state index is 11.9. The Kier molecular flexibility index (Phi) is 2.89. The van der Waals surface area contributed by atoms with Crippen molar-refractivity contribution in [1.82, 2.24) is 9.55 Å². The molecule has 0 spiro atoms. The number of fused-ring (bicyclic) bond motifs is 1. The minimum Gasteiger partial charge on any atom is -0.443 e. The van der Waals surface area contributed by atoms with E-state index in [0.29, 0.717) is 11.1 Å². The molecule has 2 N–H and O–H groups in total. The zero-order valence-corrected chi connectivity index (χ0v) is 10.3. The lowest BCUT2D eigenvalue weighted by Gasteiger charge is -2.13. The number of rotatable bonds is 2. The summed E-state index contributed by atoms with van der Waals surface area (Å²) >= 11 is 0. The average Bonchev–Trinajstić information content (AvgIpc) is 2.89. The molecule has 0 radical (unpaired) electrons. The lowest BCUT2D eigenvalue weighted by molar-refractivity contribution is -0.0457. The van der Waals surface area contributed by atoms with Crippen molar-refractivity contribution in [2.45, 2.75) is 31.8 Å². The number of furan rings is 1. The van der Waals surface area contributed by atoms with Crippen LogP contribution in [0.1, 0.15) is 18.4 Å². The standard InChI is InChI=1S/C12H14N2O5/c1-6-2-7-4-14(12(17)13-11(7)18-6)10-3-8(16)9(5-15)19-10/h2,4,8-10,15-16H,3,5H2,1H3/t8-,9-,10-/m1/s1. The van der Waals surface area contributed by atoms with E-state index < -0.39 is 24.1 Å². The van der Waals surface area contributed by atoms with Crippen molar-refractivity contribution < 1.29 is 19.4 Å². The van der Waals surface area contributed by atoms with Gasteiger partial charge < -0.3 is 19.4 Å². The van der Waals surface area contributed by atoms with E-state index in [-0.39, 0.29) is 18.7 Å². The molecule has 0 aromatic carbocycles. The highest BCUT2D eigenvalue weighted by atomic mass is 16.5. The highest BCUT2D eigenvalue weighted by molar-refractivity contribution is 5.72. The van der Waals surface area contributed by atoms with Crippen molar-refractivity contribution in [3.8, 4) is 0 Å². The average molecular weight is 266 g/mol. The smallest absolute Gasteiger partial charge is 0.353 e. The minimum atomic E-state index is -0.788. The third-order valence-corrected chi connectivity index (χ3v) is 3.25. The molecule has 3 atom stereocenters. The first-order valence-corrected chi connectivity index (χ1v) is 6.02. The van der Waals surface area contributed by atoms with Crippen LogP contribution in [-0.4, -0.2) is 38.6 Å². The lowest BCUT2D eigenvalue weighted by Crippen LogP contribution is -2.27. The van der Waals surface area contributed by atoms with Crippen LogP contribution in [0.15, 0.2) is 21.5 Å². The summed E-state index contributed by atoms with van der Waals surface area (Å²) in [7, 11) is 0. The van der Waals surface area contributed by atoms with Crippen LogP contribution < -0.4 is 5.69 Å². The van der Waals surface area contributed by atoms with Crippen LogP contribution in [0.4, 0.5) is 0 Å². The van der Waals surface area contributed by atoms with E-state index in [1.165, 1.54) is 4.57 Å². The Hall–Kier alpha value is -1.70. The van der Waals surface area contributed by atoms with E-state index in [1.807, 2.05) is 0 Å². The molecule has 2 aromatic heterocycles. The molecule has 0 unspecified atom stereocenters. The van der Waals surface area contributed by atoms with Crippen molar-refractivity contribution in [1.29, 1.82) is 0 Å². The summed E-state index contributed by atoms with van der Waals surface area (Å²) in [4.78, 5) is 15.7. The fraction of sp³-hybridized carbons (Fsp3) is 0.500. The van der Waals surface area contributed by atoms with Crippen molar-refractivity contribution in [3.05, 3.63) is 28.5 Å². The molecular formula is C12H14N2O5. The minimum absolute atomic E-state index is 0.245. The molecule has 1 fully saturated rings. The molecule has 0 amide bonds. The number of aliphatic hydroxyl groups excluding tert-OH is 2. The molecule has 3 heterocycles. The molecule has 0 aliphatic carbocycles. The summed E-state index contributed by atoms with van der Waals surface area (Å²) in [5.41, 5.74) is -0.214. The van der Waals surface area contributed by atoms with Gasteiger partial charge in [0.25, 0.3) is 0 Å². The molecule has 7 heteroatoms. The number of hydrogen-bond donors (Lipinski definition) is 2. The van der Waals surface area contributed by atoms with E-state index in [4.69, 9.17) is 14.3 Å². The van der Waals surface area contributed by atoms with Crippen molar-refractivity contribution in [3.63, 3.8) is 0 Å².